The summed E-state index contributed by atoms with van der Waals surface area (Å²) >= 11 is 0. The molecule has 1 heterocycles. The molecule has 0 saturated carbocycles. The van der Waals surface area contributed by atoms with Gasteiger partial charge in [-0.05, 0) is 113 Å². The maximum Gasteiger partial charge on any atom is 0.0992 e. The lowest BCUT2D eigenvalue weighted by molar-refractivity contribution is 1.18. The summed E-state index contributed by atoms with van der Waals surface area (Å²) in [6, 6.07) is 72.4. The first-order chi connectivity index (χ1) is 27.2. The van der Waals surface area contributed by atoms with Crippen LogP contribution in [0.15, 0.2) is 194 Å². The van der Waals surface area contributed by atoms with E-state index in [-0.39, 0.29) is 0 Å². The number of hydrogen-bond acceptors (Lipinski definition) is 1. The zero-order valence-corrected chi connectivity index (χ0v) is 29.9. The Kier molecular flexibility index (Phi) is 6.96. The highest BCUT2D eigenvalue weighted by molar-refractivity contribution is 6.25. The van der Waals surface area contributed by atoms with Gasteiger partial charge < -0.3 is 4.57 Å². The Morgan fingerprint density at radius 2 is 0.818 bits per heavy atom. The third kappa shape index (κ3) is 4.81. The average molecular weight is 697 g/mol. The van der Waals surface area contributed by atoms with Crippen LogP contribution in [0.3, 0.4) is 0 Å². The van der Waals surface area contributed by atoms with Crippen LogP contribution in [0.5, 0.6) is 0 Å². The predicted molar refractivity (Wildman–Crippen MR) is 232 cm³/mol. The topological polar surface area (TPSA) is 28.7 Å². The highest BCUT2D eigenvalue weighted by Gasteiger charge is 2.21. The van der Waals surface area contributed by atoms with Gasteiger partial charge in [-0.1, -0.05) is 158 Å². The fourth-order valence-electron chi connectivity index (χ4n) is 8.95. The zero-order valence-electron chi connectivity index (χ0n) is 29.9. The molecule has 2 heteroatoms. The van der Waals surface area contributed by atoms with Gasteiger partial charge in [0.15, 0.2) is 0 Å². The largest absolute Gasteiger partial charge is 0.309 e. The van der Waals surface area contributed by atoms with Gasteiger partial charge in [0, 0.05) is 16.5 Å². The molecule has 0 aliphatic heterocycles. The number of rotatable bonds is 4. The summed E-state index contributed by atoms with van der Waals surface area (Å²) < 4.78 is 2.30. The molecule has 0 atom stereocenters. The molecular weight excluding hydrogens is 665 g/mol. The van der Waals surface area contributed by atoms with Crippen LogP contribution >= 0.6 is 0 Å². The molecular formula is C53H32N2. The number of hydrogen-bond donors (Lipinski definition) is 0. The van der Waals surface area contributed by atoms with Crippen LogP contribution in [-0.4, -0.2) is 4.57 Å². The Balaban J connectivity index is 1.25. The van der Waals surface area contributed by atoms with Gasteiger partial charge in [-0.25, -0.2) is 0 Å². The minimum atomic E-state index is 0.650. The molecule has 0 bridgehead atoms. The predicted octanol–water partition coefficient (Wildman–Crippen LogP) is 14.3. The second-order valence-electron chi connectivity index (χ2n) is 14.4. The van der Waals surface area contributed by atoms with Gasteiger partial charge in [0.1, 0.15) is 0 Å². The van der Waals surface area contributed by atoms with Crippen LogP contribution in [-0.2, 0) is 0 Å². The van der Waals surface area contributed by atoms with Crippen molar-refractivity contribution in [3.05, 3.63) is 200 Å². The summed E-state index contributed by atoms with van der Waals surface area (Å²) in [6.07, 6.45) is 0. The van der Waals surface area contributed by atoms with Gasteiger partial charge in [-0.15, -0.1) is 0 Å². The van der Waals surface area contributed by atoms with E-state index in [4.69, 9.17) is 0 Å². The van der Waals surface area contributed by atoms with Crippen LogP contribution in [0, 0.1) is 11.3 Å². The first kappa shape index (κ1) is 31.1. The lowest BCUT2D eigenvalue weighted by Crippen LogP contribution is -1.94. The lowest BCUT2D eigenvalue weighted by Gasteiger charge is -2.20. The van der Waals surface area contributed by atoms with Crippen LogP contribution < -0.4 is 0 Å². The summed E-state index contributed by atoms with van der Waals surface area (Å²) in [5.74, 6) is 0. The number of fused-ring (bicyclic) bond motifs is 7. The third-order valence-corrected chi connectivity index (χ3v) is 11.4. The number of nitrogens with zero attached hydrogens (tertiary/aromatic N) is 2. The van der Waals surface area contributed by atoms with E-state index in [1.54, 1.807) is 0 Å². The lowest BCUT2D eigenvalue weighted by atomic mass is 9.83. The van der Waals surface area contributed by atoms with E-state index >= 15 is 0 Å². The Morgan fingerprint density at radius 3 is 1.45 bits per heavy atom. The number of nitriles is 1. The molecule has 0 radical (unpaired) electrons. The SMILES string of the molecule is N#Cc1ccc2c3ccc(-c4ccc5c(-c6cccc7ccccc67)c6ccccc6c(-c6cccc7ccccc67)c5c4)cc3n(-c3ccccc3)c2c1. The molecule has 0 fully saturated rings. The average Bonchev–Trinajstić information content (AvgIpc) is 3.58. The van der Waals surface area contributed by atoms with Crippen molar-refractivity contribution in [2.24, 2.45) is 0 Å². The second-order valence-corrected chi connectivity index (χ2v) is 14.4. The van der Waals surface area contributed by atoms with Gasteiger partial charge >= 0.3 is 0 Å². The van der Waals surface area contributed by atoms with E-state index in [1.807, 2.05) is 18.2 Å². The highest BCUT2D eigenvalue weighted by atomic mass is 15.0. The van der Waals surface area contributed by atoms with Crippen LogP contribution in [0.25, 0.3) is 104 Å². The molecule has 1 aromatic heterocycles. The Labute approximate surface area is 318 Å². The smallest absolute Gasteiger partial charge is 0.0992 e. The summed E-state index contributed by atoms with van der Waals surface area (Å²) in [6.45, 7) is 0. The molecule has 11 aromatic rings. The first-order valence-corrected chi connectivity index (χ1v) is 18.7. The van der Waals surface area contributed by atoms with E-state index in [0.717, 1.165) is 38.6 Å². The summed E-state index contributed by atoms with van der Waals surface area (Å²) in [7, 11) is 0. The fraction of sp³-hybridized carbons (Fsp3) is 0. The molecule has 0 aliphatic rings. The van der Waals surface area contributed by atoms with E-state index < -0.39 is 0 Å². The maximum absolute atomic E-state index is 9.83. The van der Waals surface area contributed by atoms with Gasteiger partial charge in [-0.2, -0.15) is 5.26 Å². The van der Waals surface area contributed by atoms with Crippen LogP contribution in [0.2, 0.25) is 0 Å². The van der Waals surface area contributed by atoms with Crippen molar-refractivity contribution < 1.29 is 0 Å². The molecule has 10 aromatic carbocycles. The van der Waals surface area contributed by atoms with Crippen LogP contribution in [0.1, 0.15) is 5.56 Å². The highest BCUT2D eigenvalue weighted by Crippen LogP contribution is 2.48. The van der Waals surface area contributed by atoms with Gasteiger partial charge in [0.2, 0.25) is 0 Å². The van der Waals surface area contributed by atoms with E-state index in [2.05, 4.69) is 187 Å². The first-order valence-electron chi connectivity index (χ1n) is 18.7. The zero-order chi connectivity index (χ0) is 36.5. The summed E-state index contributed by atoms with van der Waals surface area (Å²) in [4.78, 5) is 0. The van der Waals surface area contributed by atoms with E-state index in [1.165, 1.54) is 65.3 Å². The van der Waals surface area contributed by atoms with E-state index in [9.17, 15) is 5.26 Å². The van der Waals surface area contributed by atoms with E-state index in [0.29, 0.717) is 5.56 Å². The van der Waals surface area contributed by atoms with Crippen molar-refractivity contribution in [2.45, 2.75) is 0 Å². The number of para-hydroxylation sites is 1. The molecule has 2 nitrogen and oxygen atoms in total. The molecule has 11 rings (SSSR count). The monoisotopic (exact) mass is 696 g/mol. The molecule has 0 saturated heterocycles. The van der Waals surface area contributed by atoms with Crippen molar-refractivity contribution in [3.8, 4) is 45.1 Å². The minimum Gasteiger partial charge on any atom is -0.309 e. The Morgan fingerprint density at radius 1 is 0.345 bits per heavy atom. The quantitative estimate of drug-likeness (QED) is 0.168. The second kappa shape index (κ2) is 12.3. The van der Waals surface area contributed by atoms with Crippen molar-refractivity contribution in [1.82, 2.24) is 4.57 Å². The normalized spacial score (nSPS) is 11.6. The molecule has 0 unspecified atom stereocenters. The van der Waals surface area contributed by atoms with Crippen LogP contribution in [0.4, 0.5) is 0 Å². The van der Waals surface area contributed by atoms with Crippen molar-refractivity contribution >= 4 is 64.9 Å². The number of aromatic nitrogens is 1. The van der Waals surface area contributed by atoms with Crippen molar-refractivity contribution in [3.63, 3.8) is 0 Å². The Hall–Kier alpha value is -7.47. The van der Waals surface area contributed by atoms with Gasteiger partial charge in [-0.3, -0.25) is 0 Å². The van der Waals surface area contributed by atoms with Crippen molar-refractivity contribution in [1.29, 1.82) is 5.26 Å². The third-order valence-electron chi connectivity index (χ3n) is 11.4. The number of benzene rings is 10. The molecule has 0 N–H and O–H groups in total. The van der Waals surface area contributed by atoms with Gasteiger partial charge in [0.25, 0.3) is 0 Å². The fourth-order valence-corrected chi connectivity index (χ4v) is 8.95. The standard InChI is InChI=1S/C53H32N2/c54-33-34-24-27-42-43-28-25-38(32-51(43)55(50(42)30-34)39-16-2-1-3-17-39)37-26-29-48-49(31-37)53(45-23-11-15-36-13-5-7-19-41(36)45)47-21-9-8-20-46(47)52(48)44-22-10-14-35-12-4-6-18-40(35)44/h1-32H. The Bertz CT molecular complexity index is 3370. The molecule has 0 aliphatic carbocycles. The summed E-state index contributed by atoms with van der Waals surface area (Å²) in [5.41, 5.74) is 11.1. The maximum atomic E-state index is 9.83. The van der Waals surface area contributed by atoms with Gasteiger partial charge in [0.05, 0.1) is 22.7 Å². The molecule has 55 heavy (non-hydrogen) atoms. The minimum absolute atomic E-state index is 0.650. The van der Waals surface area contributed by atoms with Crippen molar-refractivity contribution in [2.75, 3.05) is 0 Å². The molecule has 254 valence electrons. The summed E-state index contributed by atoms with van der Waals surface area (Å²) in [5, 5.41) is 22.0. The molecule has 0 amide bonds. The molecule has 0 spiro atoms.